The van der Waals surface area contributed by atoms with Gasteiger partial charge in [-0.15, -0.1) is 0 Å². The van der Waals surface area contributed by atoms with Gasteiger partial charge in [0.15, 0.2) is 0 Å². The molecule has 1 aliphatic rings. The van der Waals surface area contributed by atoms with E-state index in [9.17, 15) is 0 Å². The molecule has 0 N–H and O–H groups in total. The fourth-order valence-corrected chi connectivity index (χ4v) is 4.43. The SMILES string of the molecule is CB1c2ccc(-c3ccc(C)cc3)cc2C=Cc2cc(-c3ccc(C)cc3)ccc21. The van der Waals surface area contributed by atoms with E-state index in [2.05, 4.69) is 118 Å². The highest BCUT2D eigenvalue weighted by Crippen LogP contribution is 2.25. The Hall–Kier alpha value is -3.32. The second-order valence-electron chi connectivity index (χ2n) is 8.47. The van der Waals surface area contributed by atoms with E-state index in [1.807, 2.05) is 0 Å². The Morgan fingerprint density at radius 1 is 0.467 bits per heavy atom. The third-order valence-electron chi connectivity index (χ3n) is 6.32. The Labute approximate surface area is 180 Å². The van der Waals surface area contributed by atoms with Gasteiger partial charge in [0.2, 0.25) is 6.71 Å². The van der Waals surface area contributed by atoms with E-state index in [-0.39, 0.29) is 0 Å². The van der Waals surface area contributed by atoms with Crippen LogP contribution in [0.4, 0.5) is 0 Å². The quantitative estimate of drug-likeness (QED) is 0.353. The molecule has 0 amide bonds. The minimum atomic E-state index is 0.365. The molecule has 0 nitrogen and oxygen atoms in total. The number of fused-ring (bicyclic) bond motifs is 2. The Morgan fingerprint density at radius 2 is 0.833 bits per heavy atom. The van der Waals surface area contributed by atoms with Crippen LogP contribution in [-0.4, -0.2) is 6.71 Å². The fraction of sp³-hybridized carbons (Fsp3) is 0.103. The highest BCUT2D eigenvalue weighted by molar-refractivity contribution is 6.85. The van der Waals surface area contributed by atoms with Crippen molar-refractivity contribution >= 4 is 29.8 Å². The van der Waals surface area contributed by atoms with Crippen molar-refractivity contribution in [1.82, 2.24) is 0 Å². The minimum absolute atomic E-state index is 0.365. The van der Waals surface area contributed by atoms with Crippen LogP contribution in [0.2, 0.25) is 6.82 Å². The molecule has 0 atom stereocenters. The van der Waals surface area contributed by atoms with Crippen molar-refractivity contribution in [1.29, 1.82) is 0 Å². The van der Waals surface area contributed by atoms with Gasteiger partial charge in [0, 0.05) is 0 Å². The van der Waals surface area contributed by atoms with E-state index in [0.717, 1.165) is 0 Å². The van der Waals surface area contributed by atoms with Crippen LogP contribution < -0.4 is 10.9 Å². The lowest BCUT2D eigenvalue weighted by Gasteiger charge is -2.15. The molecule has 144 valence electrons. The van der Waals surface area contributed by atoms with E-state index < -0.39 is 0 Å². The molecule has 30 heavy (non-hydrogen) atoms. The first-order valence-corrected chi connectivity index (χ1v) is 10.7. The average Bonchev–Trinajstić information content (AvgIpc) is 2.91. The summed E-state index contributed by atoms with van der Waals surface area (Å²) in [4.78, 5) is 0. The van der Waals surface area contributed by atoms with Gasteiger partial charge in [-0.25, -0.2) is 0 Å². The van der Waals surface area contributed by atoms with Crippen LogP contribution in [0, 0.1) is 13.8 Å². The molecule has 4 aromatic rings. The summed E-state index contributed by atoms with van der Waals surface area (Å²) in [6.07, 6.45) is 4.57. The lowest BCUT2D eigenvalue weighted by molar-refractivity contribution is 1.47. The summed E-state index contributed by atoms with van der Waals surface area (Å²) < 4.78 is 0. The summed E-state index contributed by atoms with van der Waals surface area (Å²) >= 11 is 0. The first-order chi connectivity index (χ1) is 14.6. The van der Waals surface area contributed by atoms with Gasteiger partial charge < -0.3 is 0 Å². The zero-order chi connectivity index (χ0) is 20.7. The van der Waals surface area contributed by atoms with E-state index in [0.29, 0.717) is 6.71 Å². The molecule has 0 spiro atoms. The molecular weight excluding hydrogens is 359 g/mol. The fourth-order valence-electron chi connectivity index (χ4n) is 4.43. The van der Waals surface area contributed by atoms with Crippen molar-refractivity contribution in [3.8, 4) is 22.3 Å². The number of aryl methyl sites for hydroxylation is 2. The summed E-state index contributed by atoms with van der Waals surface area (Å²) in [5, 5.41) is 0. The van der Waals surface area contributed by atoms with Gasteiger partial charge >= 0.3 is 0 Å². The molecule has 1 heterocycles. The third kappa shape index (κ3) is 3.41. The molecule has 1 aliphatic heterocycles. The van der Waals surface area contributed by atoms with E-state index >= 15 is 0 Å². The maximum Gasteiger partial charge on any atom is 0.207 e. The molecule has 0 bridgehead atoms. The van der Waals surface area contributed by atoms with Gasteiger partial charge in [0.25, 0.3) is 0 Å². The van der Waals surface area contributed by atoms with Crippen LogP contribution in [-0.2, 0) is 0 Å². The maximum absolute atomic E-state index is 2.33. The maximum atomic E-state index is 2.33. The highest BCUT2D eigenvalue weighted by atomic mass is 14.1. The standard InChI is InChI=1S/C29H25B/c1-20-4-8-22(9-5-20)24-14-16-28-26(18-24)12-13-27-19-25(15-17-29(27)30(28)3)23-10-6-21(2)7-11-23/h4-19H,1-3H3. The smallest absolute Gasteiger partial charge is 0.0774 e. The number of hydrogen-bond donors (Lipinski definition) is 0. The van der Waals surface area contributed by atoms with E-state index in [1.165, 1.54) is 55.4 Å². The monoisotopic (exact) mass is 384 g/mol. The predicted octanol–water partition coefficient (Wildman–Crippen LogP) is 6.36. The Bertz CT molecular complexity index is 1150. The lowest BCUT2D eigenvalue weighted by atomic mass is 9.41. The van der Waals surface area contributed by atoms with Crippen molar-refractivity contribution in [2.24, 2.45) is 0 Å². The summed E-state index contributed by atoms with van der Waals surface area (Å²) in [6.45, 7) is 6.95. The van der Waals surface area contributed by atoms with E-state index in [4.69, 9.17) is 0 Å². The molecular formula is C29H25B. The number of rotatable bonds is 2. The van der Waals surface area contributed by atoms with Crippen molar-refractivity contribution in [2.75, 3.05) is 0 Å². The first kappa shape index (κ1) is 18.7. The van der Waals surface area contributed by atoms with Crippen molar-refractivity contribution in [2.45, 2.75) is 20.7 Å². The van der Waals surface area contributed by atoms with Crippen molar-refractivity contribution < 1.29 is 0 Å². The molecule has 0 unspecified atom stereocenters. The van der Waals surface area contributed by atoms with E-state index in [1.54, 1.807) is 0 Å². The Kier molecular flexibility index (Phi) is 4.67. The molecule has 0 radical (unpaired) electrons. The molecule has 4 aromatic carbocycles. The van der Waals surface area contributed by atoms with Gasteiger partial charge in [0.05, 0.1) is 0 Å². The predicted molar refractivity (Wildman–Crippen MR) is 133 cm³/mol. The Balaban J connectivity index is 1.55. The lowest BCUT2D eigenvalue weighted by Crippen LogP contribution is -2.41. The normalized spacial score (nSPS) is 12.3. The topological polar surface area (TPSA) is 0 Å². The summed E-state index contributed by atoms with van der Waals surface area (Å²) in [6, 6.07) is 31.4. The van der Waals surface area contributed by atoms with Crippen LogP contribution in [0.5, 0.6) is 0 Å². The largest absolute Gasteiger partial charge is 0.207 e. The molecule has 5 rings (SSSR count). The summed E-state index contributed by atoms with van der Waals surface area (Å²) in [5.41, 5.74) is 13.1. The van der Waals surface area contributed by atoms with Crippen LogP contribution in [0.15, 0.2) is 84.9 Å². The van der Waals surface area contributed by atoms with Crippen LogP contribution in [0.1, 0.15) is 22.3 Å². The number of hydrogen-bond acceptors (Lipinski definition) is 0. The van der Waals surface area contributed by atoms with Gasteiger partial charge in [-0.2, -0.15) is 0 Å². The molecule has 0 saturated carbocycles. The van der Waals surface area contributed by atoms with Gasteiger partial charge in [-0.3, -0.25) is 0 Å². The Morgan fingerprint density at radius 3 is 1.23 bits per heavy atom. The van der Waals surface area contributed by atoms with Crippen LogP contribution in [0.25, 0.3) is 34.4 Å². The minimum Gasteiger partial charge on any atom is -0.0774 e. The van der Waals surface area contributed by atoms with Gasteiger partial charge in [0.1, 0.15) is 0 Å². The summed E-state index contributed by atoms with van der Waals surface area (Å²) in [7, 11) is 0. The zero-order valence-electron chi connectivity index (χ0n) is 17.8. The molecule has 0 fully saturated rings. The second-order valence-corrected chi connectivity index (χ2v) is 8.47. The molecule has 0 aromatic heterocycles. The van der Waals surface area contributed by atoms with Crippen molar-refractivity contribution in [3.05, 3.63) is 107 Å². The van der Waals surface area contributed by atoms with Crippen LogP contribution >= 0.6 is 0 Å². The first-order valence-electron chi connectivity index (χ1n) is 10.7. The molecule has 0 aliphatic carbocycles. The second kappa shape index (κ2) is 7.50. The molecule has 1 heteroatoms. The molecule has 0 saturated heterocycles. The summed E-state index contributed by atoms with van der Waals surface area (Å²) in [5.74, 6) is 0. The van der Waals surface area contributed by atoms with Gasteiger partial charge in [-0.1, -0.05) is 114 Å². The third-order valence-corrected chi connectivity index (χ3v) is 6.32. The zero-order valence-corrected chi connectivity index (χ0v) is 17.8. The van der Waals surface area contributed by atoms with Gasteiger partial charge in [-0.05, 0) is 59.4 Å². The highest BCUT2D eigenvalue weighted by Gasteiger charge is 2.21. The van der Waals surface area contributed by atoms with Crippen LogP contribution in [0.3, 0.4) is 0 Å². The number of benzene rings is 4. The van der Waals surface area contributed by atoms with Crippen molar-refractivity contribution in [3.63, 3.8) is 0 Å². The average molecular weight is 384 g/mol.